The van der Waals surface area contributed by atoms with Crippen LogP contribution in [0.3, 0.4) is 0 Å². The third-order valence-corrected chi connectivity index (χ3v) is 2.29. The molecule has 2 heterocycles. The molecule has 9 heteroatoms. The number of nitrogens with zero attached hydrogens (tertiary/aromatic N) is 4. The Labute approximate surface area is 107 Å². The maximum Gasteiger partial charge on any atom is 0.300 e. The molecule has 18 heavy (non-hydrogen) atoms. The van der Waals surface area contributed by atoms with E-state index in [4.69, 9.17) is 27.4 Å². The molecule has 0 saturated carbocycles. The zero-order chi connectivity index (χ0) is 13.9. The number of aliphatic carboxylic acids is 1. The summed E-state index contributed by atoms with van der Waals surface area (Å²) in [4.78, 5) is 28.5. The topological polar surface area (TPSA) is 116 Å². The van der Waals surface area contributed by atoms with Crippen LogP contribution < -0.4 is 11.3 Å². The molecule has 0 aliphatic carbocycles. The van der Waals surface area contributed by atoms with E-state index in [-0.39, 0.29) is 5.95 Å². The van der Waals surface area contributed by atoms with Crippen LogP contribution in [0.5, 0.6) is 0 Å². The number of anilines is 1. The summed E-state index contributed by atoms with van der Waals surface area (Å²) >= 11 is 5.62. The molecule has 2 aromatic rings. The van der Waals surface area contributed by atoms with Crippen LogP contribution in [0.25, 0.3) is 11.2 Å². The van der Waals surface area contributed by atoms with Gasteiger partial charge in [0, 0.05) is 25.2 Å². The van der Waals surface area contributed by atoms with Crippen molar-refractivity contribution in [1.82, 2.24) is 18.6 Å². The van der Waals surface area contributed by atoms with Crippen molar-refractivity contribution in [3.8, 4) is 0 Å². The lowest BCUT2D eigenvalue weighted by Crippen LogP contribution is -2.19. The summed E-state index contributed by atoms with van der Waals surface area (Å²) in [6.07, 6.45) is 1.54. The summed E-state index contributed by atoms with van der Waals surface area (Å²) in [5, 5.41) is 7.42. The van der Waals surface area contributed by atoms with Crippen molar-refractivity contribution in [3.05, 3.63) is 16.7 Å². The molecular weight excluding hydrogens is 262 g/mol. The molecule has 0 aliphatic rings. The molecule has 0 atom stereocenters. The summed E-state index contributed by atoms with van der Waals surface area (Å²) in [5.41, 5.74) is 5.71. The molecule has 0 unspecified atom stereocenters. The smallest absolute Gasteiger partial charge is 0.300 e. The fourth-order valence-corrected chi connectivity index (χ4v) is 1.38. The van der Waals surface area contributed by atoms with Gasteiger partial charge in [-0.25, -0.2) is 4.98 Å². The average Bonchev–Trinajstić information content (AvgIpc) is 2.68. The van der Waals surface area contributed by atoms with Gasteiger partial charge in [-0.3, -0.25) is 9.59 Å². The first kappa shape index (κ1) is 14.0. The number of rotatable bonds is 1. The summed E-state index contributed by atoms with van der Waals surface area (Å²) in [7, 11) is 0. The van der Waals surface area contributed by atoms with E-state index in [1.807, 2.05) is 6.92 Å². The van der Waals surface area contributed by atoms with E-state index in [0.717, 1.165) is 11.0 Å². The maximum atomic E-state index is 11.6. The number of hydrogen-bond acceptors (Lipinski definition) is 5. The van der Waals surface area contributed by atoms with Crippen molar-refractivity contribution in [2.45, 2.75) is 20.4 Å². The number of hydrogen-bond donors (Lipinski definition) is 2. The van der Waals surface area contributed by atoms with E-state index >= 15 is 0 Å². The SMILES string of the molecule is CC(=O)O.CCn1cnc2nc(N)n(Cl)c(=O)c21. The largest absolute Gasteiger partial charge is 0.481 e. The first-order chi connectivity index (χ1) is 8.38. The van der Waals surface area contributed by atoms with Gasteiger partial charge in [-0.1, -0.05) is 0 Å². The number of imidazole rings is 1. The van der Waals surface area contributed by atoms with Crippen LogP contribution in [-0.4, -0.2) is 29.7 Å². The molecule has 0 saturated heterocycles. The number of aryl methyl sites for hydroxylation is 1. The molecule has 0 aliphatic heterocycles. The molecule has 0 bridgehead atoms. The van der Waals surface area contributed by atoms with Crippen LogP contribution in [0.4, 0.5) is 5.95 Å². The highest BCUT2D eigenvalue weighted by molar-refractivity contribution is 6.16. The molecule has 2 rings (SSSR count). The Balaban J connectivity index is 0.000000357. The number of fused-ring (bicyclic) bond motifs is 1. The molecule has 8 nitrogen and oxygen atoms in total. The van der Waals surface area contributed by atoms with Gasteiger partial charge in [-0.15, -0.1) is 0 Å². The summed E-state index contributed by atoms with van der Waals surface area (Å²) in [5.74, 6) is -0.884. The van der Waals surface area contributed by atoms with Crippen LogP contribution in [-0.2, 0) is 11.3 Å². The van der Waals surface area contributed by atoms with Crippen LogP contribution in [0.1, 0.15) is 13.8 Å². The number of carbonyl (C=O) groups is 1. The van der Waals surface area contributed by atoms with Crippen molar-refractivity contribution in [1.29, 1.82) is 0 Å². The molecule has 0 spiro atoms. The van der Waals surface area contributed by atoms with Crippen LogP contribution >= 0.6 is 11.8 Å². The molecule has 2 aromatic heterocycles. The van der Waals surface area contributed by atoms with Gasteiger partial charge in [0.1, 0.15) is 0 Å². The van der Waals surface area contributed by atoms with E-state index < -0.39 is 11.5 Å². The monoisotopic (exact) mass is 273 g/mol. The molecular formula is C9H12ClN5O3. The lowest BCUT2D eigenvalue weighted by atomic mass is 10.5. The van der Waals surface area contributed by atoms with Crippen molar-refractivity contribution < 1.29 is 9.90 Å². The Morgan fingerprint density at radius 3 is 2.67 bits per heavy atom. The van der Waals surface area contributed by atoms with E-state index in [2.05, 4.69) is 9.97 Å². The van der Waals surface area contributed by atoms with E-state index in [9.17, 15) is 4.79 Å². The highest BCUT2D eigenvalue weighted by Gasteiger charge is 2.11. The van der Waals surface area contributed by atoms with Crippen LogP contribution in [0, 0.1) is 0 Å². The first-order valence-electron chi connectivity index (χ1n) is 4.97. The van der Waals surface area contributed by atoms with E-state index in [1.54, 1.807) is 4.57 Å². The number of aromatic nitrogens is 4. The van der Waals surface area contributed by atoms with Gasteiger partial charge in [-0.05, 0) is 6.92 Å². The number of carboxylic acids is 1. The van der Waals surface area contributed by atoms with Crippen molar-refractivity contribution in [2.75, 3.05) is 5.73 Å². The summed E-state index contributed by atoms with van der Waals surface area (Å²) < 4.78 is 2.46. The van der Waals surface area contributed by atoms with Gasteiger partial charge in [0.05, 0.1) is 6.33 Å². The minimum atomic E-state index is -0.833. The minimum absolute atomic E-state index is 0.0504. The second kappa shape index (κ2) is 5.50. The zero-order valence-corrected chi connectivity index (χ0v) is 10.5. The molecule has 0 amide bonds. The number of carboxylic acid groups (broad SMARTS) is 1. The zero-order valence-electron chi connectivity index (χ0n) is 9.79. The minimum Gasteiger partial charge on any atom is -0.481 e. The first-order valence-corrected chi connectivity index (χ1v) is 5.31. The standard InChI is InChI=1S/C7H8ClN5O.C2H4O2/c1-2-12-3-10-5-4(12)6(14)13(8)7(9)11-5;1-2(3)4/h3H,2H2,1H3,(H2,9,11);1H3,(H,3,4). The van der Waals surface area contributed by atoms with Gasteiger partial charge >= 0.3 is 0 Å². The molecule has 0 radical (unpaired) electrons. The fourth-order valence-electron chi connectivity index (χ4n) is 1.26. The van der Waals surface area contributed by atoms with Crippen molar-refractivity contribution >= 4 is 34.9 Å². The maximum absolute atomic E-state index is 11.6. The number of nitrogens with two attached hydrogens (primary N) is 1. The highest BCUT2D eigenvalue weighted by atomic mass is 35.5. The van der Waals surface area contributed by atoms with Gasteiger partial charge in [0.25, 0.3) is 11.5 Å². The van der Waals surface area contributed by atoms with Gasteiger partial charge in [0.15, 0.2) is 11.2 Å². The van der Waals surface area contributed by atoms with Crippen molar-refractivity contribution in [2.24, 2.45) is 0 Å². The lowest BCUT2D eigenvalue weighted by molar-refractivity contribution is -0.134. The second-order valence-electron chi connectivity index (χ2n) is 3.28. The molecule has 98 valence electrons. The van der Waals surface area contributed by atoms with E-state index in [1.165, 1.54) is 6.33 Å². The average molecular weight is 274 g/mol. The molecule has 3 N–H and O–H groups in total. The molecule has 0 fully saturated rings. The fraction of sp³-hybridized carbons (Fsp3) is 0.333. The Morgan fingerprint density at radius 1 is 1.61 bits per heavy atom. The summed E-state index contributed by atoms with van der Waals surface area (Å²) in [6, 6.07) is 0. The normalized spacial score (nSPS) is 9.94. The van der Waals surface area contributed by atoms with Gasteiger partial charge in [-0.2, -0.15) is 9.07 Å². The number of halogens is 1. The summed E-state index contributed by atoms with van der Waals surface area (Å²) in [6.45, 7) is 3.61. The Kier molecular flexibility index (Phi) is 4.27. The Hall–Kier alpha value is -2.09. The third kappa shape index (κ3) is 2.77. The van der Waals surface area contributed by atoms with E-state index in [0.29, 0.717) is 17.7 Å². The Bertz CT molecular complexity index is 629. The predicted molar refractivity (Wildman–Crippen MR) is 66.4 cm³/mol. The van der Waals surface area contributed by atoms with Crippen LogP contribution in [0.15, 0.2) is 11.1 Å². The molecule has 0 aromatic carbocycles. The quantitative estimate of drug-likeness (QED) is 0.771. The van der Waals surface area contributed by atoms with Crippen LogP contribution in [0.2, 0.25) is 0 Å². The predicted octanol–water partition coefficient (Wildman–Crippen LogP) is 0.288. The third-order valence-electron chi connectivity index (χ3n) is 1.96. The van der Waals surface area contributed by atoms with Crippen molar-refractivity contribution in [3.63, 3.8) is 0 Å². The lowest BCUT2D eigenvalue weighted by Gasteiger charge is -2.00. The highest BCUT2D eigenvalue weighted by Crippen LogP contribution is 2.08. The van der Waals surface area contributed by atoms with Gasteiger partial charge < -0.3 is 15.4 Å². The van der Waals surface area contributed by atoms with Gasteiger partial charge in [0.2, 0.25) is 5.95 Å². The Morgan fingerprint density at radius 2 is 2.17 bits per heavy atom. The number of nitrogen functional groups attached to an aromatic ring is 1. The second-order valence-corrected chi connectivity index (χ2v) is 3.62.